The third-order valence-corrected chi connectivity index (χ3v) is 3.85. The first-order valence-corrected chi connectivity index (χ1v) is 8.26. The number of rotatable bonds is 6. The minimum absolute atomic E-state index is 0.00295. The lowest BCUT2D eigenvalue weighted by Gasteiger charge is -2.14. The Bertz CT molecular complexity index is 1050. The molecule has 3 aromatic rings. The van der Waals surface area contributed by atoms with Crippen LogP contribution in [0.3, 0.4) is 0 Å². The van der Waals surface area contributed by atoms with E-state index >= 15 is 0 Å². The number of benzene rings is 2. The van der Waals surface area contributed by atoms with E-state index in [1.54, 1.807) is 12.1 Å². The number of anilines is 1. The number of hydrogen-bond acceptors (Lipinski definition) is 7. The van der Waals surface area contributed by atoms with E-state index in [0.29, 0.717) is 5.69 Å². The number of hydrogen-bond donors (Lipinski definition) is 1. The molecule has 10 nitrogen and oxygen atoms in total. The van der Waals surface area contributed by atoms with Gasteiger partial charge in [-0.05, 0) is 43.3 Å². The number of carbonyl (C=O) groups excluding carboxylic acids is 2. The van der Waals surface area contributed by atoms with E-state index in [9.17, 15) is 24.1 Å². The van der Waals surface area contributed by atoms with Gasteiger partial charge >= 0.3 is 11.7 Å². The second-order valence-electron chi connectivity index (χ2n) is 5.85. The molecule has 1 N–H and O–H groups in total. The van der Waals surface area contributed by atoms with Crippen LogP contribution in [0.5, 0.6) is 0 Å². The van der Waals surface area contributed by atoms with Gasteiger partial charge in [-0.2, -0.15) is 9.49 Å². The van der Waals surface area contributed by atoms with Gasteiger partial charge in [0.25, 0.3) is 5.91 Å². The maximum atomic E-state index is 13.4. The number of amides is 1. The van der Waals surface area contributed by atoms with Crippen molar-refractivity contribution < 1.29 is 23.6 Å². The lowest BCUT2D eigenvalue weighted by atomic mass is 10.2. The predicted octanol–water partition coefficient (Wildman–Crippen LogP) is 2.50. The molecule has 0 aliphatic rings. The number of aromatic nitrogens is 3. The van der Waals surface area contributed by atoms with E-state index in [4.69, 9.17) is 4.74 Å². The van der Waals surface area contributed by atoms with Gasteiger partial charge < -0.3 is 10.1 Å². The highest BCUT2D eigenvalue weighted by Gasteiger charge is 2.21. The monoisotopic (exact) mass is 399 g/mol. The summed E-state index contributed by atoms with van der Waals surface area (Å²) < 4.78 is 20.0. The van der Waals surface area contributed by atoms with Crippen molar-refractivity contribution in [3.63, 3.8) is 0 Å². The first kappa shape index (κ1) is 19.6. The van der Waals surface area contributed by atoms with Gasteiger partial charge in [0.2, 0.25) is 5.82 Å². The molecule has 1 atom stereocenters. The van der Waals surface area contributed by atoms with E-state index in [1.807, 2.05) is 0 Å². The van der Waals surface area contributed by atoms with Gasteiger partial charge in [0, 0.05) is 11.8 Å². The molecule has 2 aromatic carbocycles. The van der Waals surface area contributed by atoms with Crippen molar-refractivity contribution >= 4 is 23.3 Å². The fourth-order valence-electron chi connectivity index (χ4n) is 2.35. The molecule has 148 valence electrons. The molecule has 29 heavy (non-hydrogen) atoms. The second kappa shape index (κ2) is 8.25. The molecule has 0 unspecified atom stereocenters. The summed E-state index contributed by atoms with van der Waals surface area (Å²) in [6.45, 7) is 1.34. The normalized spacial score (nSPS) is 11.5. The fraction of sp³-hybridized carbons (Fsp3) is 0.111. The predicted molar refractivity (Wildman–Crippen MR) is 97.9 cm³/mol. The van der Waals surface area contributed by atoms with Crippen molar-refractivity contribution in [2.24, 2.45) is 0 Å². The van der Waals surface area contributed by atoms with Gasteiger partial charge in [-0.15, -0.1) is 0 Å². The summed E-state index contributed by atoms with van der Waals surface area (Å²) in [5.74, 6) is -2.48. The van der Waals surface area contributed by atoms with Crippen LogP contribution in [0.25, 0.3) is 5.69 Å². The second-order valence-corrected chi connectivity index (χ2v) is 5.85. The molecule has 0 saturated carbocycles. The third-order valence-electron chi connectivity index (χ3n) is 3.85. The minimum Gasteiger partial charge on any atom is -0.449 e. The Hall–Kier alpha value is -4.15. The summed E-state index contributed by atoms with van der Waals surface area (Å²) in [6.07, 6.45) is 1.68. The molecule has 3 rings (SSSR count). The van der Waals surface area contributed by atoms with Gasteiger partial charge in [0.05, 0.1) is 16.2 Å². The molecule has 1 heterocycles. The van der Waals surface area contributed by atoms with Gasteiger partial charge in [0.1, 0.15) is 12.7 Å². The van der Waals surface area contributed by atoms with Crippen LogP contribution in [0.1, 0.15) is 17.3 Å². The Balaban J connectivity index is 1.62. The Morgan fingerprint density at radius 1 is 1.24 bits per heavy atom. The van der Waals surface area contributed by atoms with Crippen LogP contribution in [-0.4, -0.2) is 37.7 Å². The minimum atomic E-state index is -1.19. The molecule has 0 radical (unpaired) electrons. The quantitative estimate of drug-likeness (QED) is 0.383. The smallest absolute Gasteiger partial charge is 0.338 e. The maximum Gasteiger partial charge on any atom is 0.338 e. The average molecular weight is 399 g/mol. The Morgan fingerprint density at radius 3 is 2.59 bits per heavy atom. The van der Waals surface area contributed by atoms with Crippen molar-refractivity contribution in [1.82, 2.24) is 14.8 Å². The molecule has 0 spiro atoms. The number of nitrogens with one attached hydrogen (secondary N) is 1. The standard InChI is InChI=1S/C18H14FN5O5/c1-11(17(25)22-13-4-7-15(19)16(8-13)24(27)28)29-18(26)12-2-5-14(6-3-12)23-10-20-9-21-23/h2-11H,1H3,(H,22,25)/t11-/m1/s1. The topological polar surface area (TPSA) is 129 Å². The van der Waals surface area contributed by atoms with Crippen molar-refractivity contribution in [3.05, 3.63) is 76.6 Å². The zero-order valence-corrected chi connectivity index (χ0v) is 15.0. The van der Waals surface area contributed by atoms with E-state index in [2.05, 4.69) is 15.4 Å². The highest BCUT2D eigenvalue weighted by atomic mass is 19.1. The van der Waals surface area contributed by atoms with Gasteiger partial charge in [-0.3, -0.25) is 14.9 Å². The summed E-state index contributed by atoms with van der Waals surface area (Å²) in [5.41, 5.74) is 0.122. The summed E-state index contributed by atoms with van der Waals surface area (Å²) in [5, 5.41) is 17.1. The zero-order valence-electron chi connectivity index (χ0n) is 15.0. The lowest BCUT2D eigenvalue weighted by molar-refractivity contribution is -0.387. The number of nitro benzene ring substituents is 1. The molecule has 0 aliphatic heterocycles. The number of nitrogens with zero attached hydrogens (tertiary/aromatic N) is 4. The number of halogens is 1. The van der Waals surface area contributed by atoms with Gasteiger partial charge in [-0.25, -0.2) is 14.5 Å². The van der Waals surface area contributed by atoms with Crippen molar-refractivity contribution in [1.29, 1.82) is 0 Å². The first-order chi connectivity index (χ1) is 13.8. The Morgan fingerprint density at radius 2 is 1.97 bits per heavy atom. The zero-order chi connectivity index (χ0) is 21.0. The van der Waals surface area contributed by atoms with Crippen molar-refractivity contribution in [3.8, 4) is 5.69 Å². The van der Waals surface area contributed by atoms with E-state index < -0.39 is 34.4 Å². The van der Waals surface area contributed by atoms with Crippen LogP contribution in [-0.2, 0) is 9.53 Å². The molecule has 1 amide bonds. The summed E-state index contributed by atoms with van der Waals surface area (Å²) >= 11 is 0. The van der Waals surface area contributed by atoms with Crippen LogP contribution in [0, 0.1) is 15.9 Å². The maximum absolute atomic E-state index is 13.4. The Kier molecular flexibility index (Phi) is 5.58. The lowest BCUT2D eigenvalue weighted by Crippen LogP contribution is -2.30. The molecule has 0 aliphatic carbocycles. The first-order valence-electron chi connectivity index (χ1n) is 8.26. The molecule has 1 aromatic heterocycles. The fourth-order valence-corrected chi connectivity index (χ4v) is 2.35. The van der Waals surface area contributed by atoms with Crippen LogP contribution in [0.2, 0.25) is 0 Å². The van der Waals surface area contributed by atoms with Gasteiger partial charge in [-0.1, -0.05) is 0 Å². The van der Waals surface area contributed by atoms with Crippen molar-refractivity contribution in [2.75, 3.05) is 5.32 Å². The van der Waals surface area contributed by atoms with Gasteiger partial charge in [0.15, 0.2) is 6.10 Å². The molecule has 11 heteroatoms. The number of esters is 1. The Labute approximate surface area is 163 Å². The highest BCUT2D eigenvalue weighted by molar-refractivity contribution is 5.97. The molecule has 0 fully saturated rings. The van der Waals surface area contributed by atoms with Crippen LogP contribution >= 0.6 is 0 Å². The molecule has 0 saturated heterocycles. The third kappa shape index (κ3) is 4.58. The van der Waals surface area contributed by atoms with E-state index in [1.165, 1.54) is 36.4 Å². The highest BCUT2D eigenvalue weighted by Crippen LogP contribution is 2.22. The number of nitro groups is 1. The van der Waals surface area contributed by atoms with Crippen LogP contribution in [0.15, 0.2) is 55.1 Å². The summed E-state index contributed by atoms with van der Waals surface area (Å²) in [7, 11) is 0. The number of ether oxygens (including phenoxy) is 1. The summed E-state index contributed by atoms with van der Waals surface area (Å²) in [4.78, 5) is 38.1. The van der Waals surface area contributed by atoms with Crippen molar-refractivity contribution in [2.45, 2.75) is 13.0 Å². The average Bonchev–Trinajstić information content (AvgIpc) is 3.24. The van der Waals surface area contributed by atoms with Crippen LogP contribution in [0.4, 0.5) is 15.8 Å². The van der Waals surface area contributed by atoms with E-state index in [-0.39, 0.29) is 11.3 Å². The molecule has 0 bridgehead atoms. The molecular formula is C18H14FN5O5. The largest absolute Gasteiger partial charge is 0.449 e. The molecular weight excluding hydrogens is 385 g/mol. The van der Waals surface area contributed by atoms with Crippen LogP contribution < -0.4 is 5.32 Å². The van der Waals surface area contributed by atoms with E-state index in [0.717, 1.165) is 18.2 Å². The summed E-state index contributed by atoms with van der Waals surface area (Å²) in [6, 6.07) is 9.19. The SMILES string of the molecule is C[C@@H](OC(=O)c1ccc(-n2cncn2)cc1)C(=O)Nc1ccc(F)c([N+](=O)[O-])c1. The number of carbonyl (C=O) groups is 2.